The topological polar surface area (TPSA) is 70.8 Å². The molecule has 0 radical (unpaired) electrons. The fraction of sp³-hybridized carbons (Fsp3) is 0.611. The fourth-order valence-corrected chi connectivity index (χ4v) is 2.54. The molecule has 5 nitrogen and oxygen atoms in total. The van der Waals surface area contributed by atoms with E-state index in [1.807, 2.05) is 32.0 Å². The molecular weight excluding hydrogens is 294 g/mol. The van der Waals surface area contributed by atoms with Gasteiger partial charge in [0.15, 0.2) is 0 Å². The predicted octanol–water partition coefficient (Wildman–Crippen LogP) is 3.11. The summed E-state index contributed by atoms with van der Waals surface area (Å²) in [6, 6.07) is 5.35. The third kappa shape index (κ3) is 5.75. The first-order valence-corrected chi connectivity index (χ1v) is 8.16. The lowest BCUT2D eigenvalue weighted by molar-refractivity contribution is -0.142. The van der Waals surface area contributed by atoms with E-state index in [-0.39, 0.29) is 17.8 Å². The summed E-state index contributed by atoms with van der Waals surface area (Å²) in [6.07, 6.45) is 0.566. The third-order valence-electron chi connectivity index (χ3n) is 4.03. The van der Waals surface area contributed by atoms with Gasteiger partial charge in [-0.1, -0.05) is 13.8 Å². The Hall–Kier alpha value is -1.75. The molecule has 0 aliphatic rings. The number of nitrogens with two attached hydrogens (primary N) is 1. The highest BCUT2D eigenvalue weighted by Crippen LogP contribution is 2.33. The van der Waals surface area contributed by atoms with E-state index in [0.717, 1.165) is 17.1 Å². The smallest absolute Gasteiger partial charge is 0.322 e. The molecule has 1 aromatic carbocycles. The summed E-state index contributed by atoms with van der Waals surface area (Å²) in [7, 11) is 1.36. The SMILES string of the molecule is CCOc1cc(OCC)cc(C(C)C(C)CC(N)C(=O)OC)c1. The molecular formula is C18H29NO4. The number of ether oxygens (including phenoxy) is 3. The Morgan fingerprint density at radius 1 is 1.09 bits per heavy atom. The molecule has 0 aliphatic heterocycles. The van der Waals surface area contributed by atoms with Crippen LogP contribution in [0, 0.1) is 5.92 Å². The zero-order chi connectivity index (χ0) is 17.4. The van der Waals surface area contributed by atoms with Gasteiger partial charge in [0, 0.05) is 6.07 Å². The number of hydrogen-bond acceptors (Lipinski definition) is 5. The Morgan fingerprint density at radius 2 is 1.61 bits per heavy atom. The lowest BCUT2D eigenvalue weighted by Crippen LogP contribution is -2.34. The lowest BCUT2D eigenvalue weighted by Gasteiger charge is -2.23. The Balaban J connectivity index is 2.91. The van der Waals surface area contributed by atoms with Crippen LogP contribution in [0.3, 0.4) is 0 Å². The van der Waals surface area contributed by atoms with Crippen molar-refractivity contribution in [1.82, 2.24) is 0 Å². The van der Waals surface area contributed by atoms with Gasteiger partial charge in [0.25, 0.3) is 0 Å². The second-order valence-electron chi connectivity index (χ2n) is 5.74. The summed E-state index contributed by atoms with van der Waals surface area (Å²) in [5.41, 5.74) is 6.99. The summed E-state index contributed by atoms with van der Waals surface area (Å²) < 4.78 is 15.9. The third-order valence-corrected chi connectivity index (χ3v) is 4.03. The Labute approximate surface area is 139 Å². The van der Waals surface area contributed by atoms with E-state index in [1.54, 1.807) is 0 Å². The van der Waals surface area contributed by atoms with Crippen molar-refractivity contribution in [2.24, 2.45) is 11.7 Å². The van der Waals surface area contributed by atoms with Crippen molar-refractivity contribution in [1.29, 1.82) is 0 Å². The second kappa shape index (κ2) is 9.40. The molecule has 23 heavy (non-hydrogen) atoms. The molecule has 0 amide bonds. The van der Waals surface area contributed by atoms with Crippen LogP contribution in [0.4, 0.5) is 0 Å². The van der Waals surface area contributed by atoms with Gasteiger partial charge in [0.05, 0.1) is 20.3 Å². The van der Waals surface area contributed by atoms with Crippen molar-refractivity contribution < 1.29 is 19.0 Å². The number of carbonyl (C=O) groups is 1. The second-order valence-corrected chi connectivity index (χ2v) is 5.74. The van der Waals surface area contributed by atoms with Crippen molar-refractivity contribution in [3.63, 3.8) is 0 Å². The first kappa shape index (κ1) is 19.3. The Morgan fingerprint density at radius 3 is 2.04 bits per heavy atom. The number of methoxy groups -OCH3 is 1. The van der Waals surface area contributed by atoms with Crippen LogP contribution < -0.4 is 15.2 Å². The number of benzene rings is 1. The molecule has 0 bridgehead atoms. The number of esters is 1. The number of hydrogen-bond donors (Lipinski definition) is 1. The number of carbonyl (C=O) groups excluding carboxylic acids is 1. The maximum atomic E-state index is 11.5. The molecule has 0 heterocycles. The molecule has 3 unspecified atom stereocenters. The van der Waals surface area contributed by atoms with Gasteiger partial charge in [0.2, 0.25) is 0 Å². The lowest BCUT2D eigenvalue weighted by atomic mass is 9.84. The van der Waals surface area contributed by atoms with Gasteiger partial charge < -0.3 is 19.9 Å². The molecule has 5 heteroatoms. The van der Waals surface area contributed by atoms with Crippen LogP contribution in [0.15, 0.2) is 18.2 Å². The van der Waals surface area contributed by atoms with Crippen LogP contribution in [0.2, 0.25) is 0 Å². The van der Waals surface area contributed by atoms with Crippen LogP contribution >= 0.6 is 0 Å². The standard InChI is InChI=1S/C18H29NO4/c1-6-22-15-9-14(10-16(11-15)23-7-2)13(4)12(3)8-17(19)18(20)21-5/h9-13,17H,6-8,19H2,1-5H3. The minimum atomic E-state index is -0.598. The molecule has 1 rings (SSSR count). The first-order chi connectivity index (χ1) is 10.9. The van der Waals surface area contributed by atoms with Gasteiger partial charge in [-0.15, -0.1) is 0 Å². The van der Waals surface area contributed by atoms with Crippen molar-refractivity contribution >= 4 is 5.97 Å². The zero-order valence-corrected chi connectivity index (χ0v) is 14.8. The van der Waals surface area contributed by atoms with Gasteiger partial charge >= 0.3 is 5.97 Å². The van der Waals surface area contributed by atoms with Crippen LogP contribution in [-0.4, -0.2) is 32.3 Å². The monoisotopic (exact) mass is 323 g/mol. The van der Waals surface area contributed by atoms with E-state index in [9.17, 15) is 4.79 Å². The summed E-state index contributed by atoms with van der Waals surface area (Å²) in [6.45, 7) is 9.32. The minimum absolute atomic E-state index is 0.213. The molecule has 130 valence electrons. The normalized spacial score (nSPS) is 14.7. The van der Waals surface area contributed by atoms with Crippen LogP contribution in [0.25, 0.3) is 0 Å². The van der Waals surface area contributed by atoms with Crippen LogP contribution in [0.5, 0.6) is 11.5 Å². The summed E-state index contributed by atoms with van der Waals surface area (Å²) in [5, 5.41) is 0. The van der Waals surface area contributed by atoms with Crippen LogP contribution in [0.1, 0.15) is 45.6 Å². The van der Waals surface area contributed by atoms with Crippen molar-refractivity contribution in [3.8, 4) is 11.5 Å². The van der Waals surface area contributed by atoms with Crippen LogP contribution in [-0.2, 0) is 9.53 Å². The molecule has 0 saturated carbocycles. The highest BCUT2D eigenvalue weighted by Gasteiger charge is 2.23. The van der Waals surface area contributed by atoms with E-state index in [0.29, 0.717) is 19.6 Å². The molecule has 0 spiro atoms. The van der Waals surface area contributed by atoms with Crippen molar-refractivity contribution in [3.05, 3.63) is 23.8 Å². The first-order valence-electron chi connectivity index (χ1n) is 8.16. The maximum Gasteiger partial charge on any atom is 0.322 e. The van der Waals surface area contributed by atoms with E-state index in [1.165, 1.54) is 7.11 Å². The van der Waals surface area contributed by atoms with E-state index >= 15 is 0 Å². The Kier molecular flexibility index (Phi) is 7.89. The zero-order valence-electron chi connectivity index (χ0n) is 14.8. The molecule has 0 saturated heterocycles. The molecule has 0 fully saturated rings. The quantitative estimate of drug-likeness (QED) is 0.707. The maximum absolute atomic E-state index is 11.5. The van der Waals surface area contributed by atoms with Gasteiger partial charge in [-0.25, -0.2) is 0 Å². The molecule has 1 aromatic rings. The van der Waals surface area contributed by atoms with Crippen molar-refractivity contribution in [2.75, 3.05) is 20.3 Å². The van der Waals surface area contributed by atoms with Gasteiger partial charge in [-0.2, -0.15) is 0 Å². The largest absolute Gasteiger partial charge is 0.494 e. The highest BCUT2D eigenvalue weighted by atomic mass is 16.5. The minimum Gasteiger partial charge on any atom is -0.494 e. The molecule has 0 aromatic heterocycles. The van der Waals surface area contributed by atoms with Crippen molar-refractivity contribution in [2.45, 2.75) is 46.1 Å². The average molecular weight is 323 g/mol. The van der Waals surface area contributed by atoms with E-state index in [4.69, 9.17) is 19.9 Å². The van der Waals surface area contributed by atoms with Gasteiger partial charge in [-0.3, -0.25) is 4.79 Å². The molecule has 3 atom stereocenters. The summed E-state index contributed by atoms with van der Waals surface area (Å²) >= 11 is 0. The molecule has 2 N–H and O–H groups in total. The number of rotatable bonds is 9. The Bertz CT molecular complexity index is 480. The molecule has 0 aliphatic carbocycles. The highest BCUT2D eigenvalue weighted by molar-refractivity contribution is 5.75. The predicted molar refractivity (Wildman–Crippen MR) is 91.0 cm³/mol. The van der Waals surface area contributed by atoms with E-state index < -0.39 is 6.04 Å². The van der Waals surface area contributed by atoms with Gasteiger partial charge in [-0.05, 0) is 49.8 Å². The fourth-order valence-electron chi connectivity index (χ4n) is 2.54. The summed E-state index contributed by atoms with van der Waals surface area (Å²) in [4.78, 5) is 11.5. The average Bonchev–Trinajstić information content (AvgIpc) is 2.53. The van der Waals surface area contributed by atoms with Gasteiger partial charge in [0.1, 0.15) is 17.5 Å². The summed E-state index contributed by atoms with van der Waals surface area (Å²) in [5.74, 6) is 1.65. The van der Waals surface area contributed by atoms with E-state index in [2.05, 4.69) is 13.8 Å².